The Morgan fingerprint density at radius 3 is 0.789 bits per heavy atom. The van der Waals surface area contributed by atoms with Crippen molar-refractivity contribution in [3.05, 3.63) is 48.6 Å². The van der Waals surface area contributed by atoms with E-state index in [-0.39, 0.29) is 7.43 Å². The second kappa shape index (κ2) is 15.0. The molecule has 3 rings (SSSR count). The van der Waals surface area contributed by atoms with Gasteiger partial charge in [0.2, 0.25) is 0 Å². The molecule has 2 aliphatic carbocycles. The average molecular weight is 260 g/mol. The number of benzene rings is 1. The Bertz CT molecular complexity index is 223. The van der Waals surface area contributed by atoms with E-state index in [1.807, 2.05) is 36.4 Å². The van der Waals surface area contributed by atoms with Crippen LogP contribution in [0.2, 0.25) is 0 Å². The van der Waals surface area contributed by atoms with Crippen molar-refractivity contribution in [2.24, 2.45) is 0 Å². The summed E-state index contributed by atoms with van der Waals surface area (Å²) < 4.78 is 0. The first-order valence-electron chi connectivity index (χ1n) is 7.65. The zero-order chi connectivity index (χ0) is 12.7. The molecule has 1 aromatic carbocycles. The van der Waals surface area contributed by atoms with Crippen LogP contribution < -0.4 is 0 Å². The predicted molar refractivity (Wildman–Crippen MR) is 88.5 cm³/mol. The average Bonchev–Trinajstić information content (AvgIpc) is 2.54. The molecule has 0 heterocycles. The van der Waals surface area contributed by atoms with Crippen molar-refractivity contribution in [1.29, 1.82) is 0 Å². The summed E-state index contributed by atoms with van der Waals surface area (Å²) in [6.07, 6.45) is 19.0. The largest absolute Gasteiger partial charge is 0.0885 e. The normalized spacial score (nSPS) is 16.8. The minimum absolute atomic E-state index is 0. The Morgan fingerprint density at radius 1 is 0.368 bits per heavy atom. The van der Waals surface area contributed by atoms with E-state index >= 15 is 0 Å². The van der Waals surface area contributed by atoms with E-state index in [2.05, 4.69) is 12.2 Å². The van der Waals surface area contributed by atoms with E-state index in [4.69, 9.17) is 0 Å². The molecule has 0 amide bonds. The highest BCUT2D eigenvalue weighted by Gasteiger charge is 1.95. The number of rotatable bonds is 0. The first kappa shape index (κ1) is 18.0. The summed E-state index contributed by atoms with van der Waals surface area (Å²) in [5, 5.41) is 0. The molecular weight excluding hydrogens is 228 g/mol. The van der Waals surface area contributed by atoms with E-state index in [0.29, 0.717) is 0 Å². The van der Waals surface area contributed by atoms with Gasteiger partial charge in [0, 0.05) is 0 Å². The van der Waals surface area contributed by atoms with Crippen LogP contribution in [0.15, 0.2) is 48.6 Å². The van der Waals surface area contributed by atoms with Gasteiger partial charge in [0.25, 0.3) is 0 Å². The Labute approximate surface area is 120 Å². The third-order valence-electron chi connectivity index (χ3n) is 3.32. The maximum absolute atomic E-state index is 2.27. The van der Waals surface area contributed by atoms with Crippen molar-refractivity contribution in [3.63, 3.8) is 0 Å². The summed E-state index contributed by atoms with van der Waals surface area (Å²) >= 11 is 0. The molecule has 0 unspecified atom stereocenters. The zero-order valence-corrected chi connectivity index (χ0v) is 11.7. The van der Waals surface area contributed by atoms with Crippen molar-refractivity contribution < 1.29 is 0 Å². The molecule has 0 heteroatoms. The standard InChI is InChI=1S/C6H12.C6H10.C6H6.CH4/c3*1-2-4-6-5-3-1;/h1-6H2;1-2H,3-6H2;1-6H;1H4. The first-order chi connectivity index (χ1) is 9.00. The molecule has 0 spiro atoms. The Morgan fingerprint density at radius 2 is 0.632 bits per heavy atom. The van der Waals surface area contributed by atoms with E-state index < -0.39 is 0 Å². The lowest BCUT2D eigenvalue weighted by Gasteiger charge is -2.05. The van der Waals surface area contributed by atoms with Crippen LogP contribution in [0.25, 0.3) is 0 Å². The molecule has 2 aliphatic rings. The van der Waals surface area contributed by atoms with Crippen LogP contribution in [-0.2, 0) is 0 Å². The van der Waals surface area contributed by atoms with Crippen LogP contribution in [0.1, 0.15) is 71.6 Å². The predicted octanol–water partition coefficient (Wildman–Crippen LogP) is 6.78. The minimum atomic E-state index is 0. The molecule has 0 aromatic heterocycles. The molecule has 0 nitrogen and oxygen atoms in total. The summed E-state index contributed by atoms with van der Waals surface area (Å²) in [4.78, 5) is 0. The van der Waals surface area contributed by atoms with Crippen LogP contribution in [-0.4, -0.2) is 0 Å². The zero-order valence-electron chi connectivity index (χ0n) is 11.7. The quantitative estimate of drug-likeness (QED) is 0.451. The topological polar surface area (TPSA) is 0 Å². The van der Waals surface area contributed by atoms with Gasteiger partial charge in [0.15, 0.2) is 0 Å². The van der Waals surface area contributed by atoms with Crippen LogP contribution in [0, 0.1) is 0 Å². The van der Waals surface area contributed by atoms with Gasteiger partial charge in [-0.15, -0.1) is 0 Å². The molecule has 108 valence electrons. The van der Waals surface area contributed by atoms with Gasteiger partial charge in [0.05, 0.1) is 0 Å². The van der Waals surface area contributed by atoms with E-state index in [1.54, 1.807) is 0 Å². The molecular formula is C19H32. The van der Waals surface area contributed by atoms with Crippen molar-refractivity contribution in [2.45, 2.75) is 71.6 Å². The molecule has 0 saturated heterocycles. The van der Waals surface area contributed by atoms with Crippen molar-refractivity contribution >= 4 is 0 Å². The van der Waals surface area contributed by atoms with Crippen LogP contribution in [0.3, 0.4) is 0 Å². The fourth-order valence-corrected chi connectivity index (χ4v) is 2.21. The van der Waals surface area contributed by atoms with Gasteiger partial charge in [0.1, 0.15) is 0 Å². The number of hydrogen-bond donors (Lipinski definition) is 0. The van der Waals surface area contributed by atoms with Crippen LogP contribution in [0.4, 0.5) is 0 Å². The van der Waals surface area contributed by atoms with Gasteiger partial charge in [-0.2, -0.15) is 0 Å². The smallest absolute Gasteiger partial charge is 0.0351 e. The first-order valence-corrected chi connectivity index (χ1v) is 7.65. The van der Waals surface area contributed by atoms with Crippen LogP contribution >= 0.6 is 0 Å². The highest BCUT2D eigenvalue weighted by Crippen LogP contribution is 2.15. The summed E-state index contributed by atoms with van der Waals surface area (Å²) in [6, 6.07) is 12.0. The van der Waals surface area contributed by atoms with Gasteiger partial charge < -0.3 is 0 Å². The maximum Gasteiger partial charge on any atom is -0.0351 e. The lowest BCUT2D eigenvalue weighted by Crippen LogP contribution is -1.85. The fraction of sp³-hybridized carbons (Fsp3) is 0.579. The molecule has 19 heavy (non-hydrogen) atoms. The SMILES string of the molecule is C.C1=CCCCC1.C1CCCCC1.c1ccccc1. The summed E-state index contributed by atoms with van der Waals surface area (Å²) in [6.45, 7) is 0. The molecule has 1 fully saturated rings. The lowest BCUT2D eigenvalue weighted by molar-refractivity contribution is 0.504. The van der Waals surface area contributed by atoms with Crippen molar-refractivity contribution in [2.75, 3.05) is 0 Å². The molecule has 1 aromatic rings. The second-order valence-electron chi connectivity index (χ2n) is 5.03. The van der Waals surface area contributed by atoms with Crippen molar-refractivity contribution in [1.82, 2.24) is 0 Å². The lowest BCUT2D eigenvalue weighted by atomic mass is 10.0. The highest BCUT2D eigenvalue weighted by molar-refractivity contribution is 4.99. The minimum Gasteiger partial charge on any atom is -0.0885 e. The maximum atomic E-state index is 2.27. The Balaban J connectivity index is 0.000000249. The van der Waals surface area contributed by atoms with Crippen molar-refractivity contribution in [3.8, 4) is 0 Å². The second-order valence-corrected chi connectivity index (χ2v) is 5.03. The van der Waals surface area contributed by atoms with Gasteiger partial charge in [-0.1, -0.05) is 94.5 Å². The van der Waals surface area contributed by atoms with E-state index in [1.165, 1.54) is 64.2 Å². The van der Waals surface area contributed by atoms with Crippen LogP contribution in [0.5, 0.6) is 0 Å². The third-order valence-corrected chi connectivity index (χ3v) is 3.32. The third kappa shape index (κ3) is 13.2. The number of allylic oxidation sites excluding steroid dienone is 2. The summed E-state index contributed by atoms with van der Waals surface area (Å²) in [7, 11) is 0. The Hall–Kier alpha value is -1.04. The number of hydrogen-bond acceptors (Lipinski definition) is 0. The fourth-order valence-electron chi connectivity index (χ4n) is 2.21. The monoisotopic (exact) mass is 260 g/mol. The molecule has 0 aliphatic heterocycles. The summed E-state index contributed by atoms with van der Waals surface area (Å²) in [5.74, 6) is 0. The van der Waals surface area contributed by atoms with Gasteiger partial charge >= 0.3 is 0 Å². The highest BCUT2D eigenvalue weighted by atomic mass is 14.0. The van der Waals surface area contributed by atoms with E-state index in [0.717, 1.165) is 0 Å². The summed E-state index contributed by atoms with van der Waals surface area (Å²) in [5.41, 5.74) is 0. The molecule has 0 bridgehead atoms. The van der Waals surface area contributed by atoms with E-state index in [9.17, 15) is 0 Å². The van der Waals surface area contributed by atoms with Gasteiger partial charge in [-0.25, -0.2) is 0 Å². The van der Waals surface area contributed by atoms with Gasteiger partial charge in [-0.05, 0) is 25.7 Å². The Kier molecular flexibility index (Phi) is 14.2. The molecule has 0 radical (unpaired) electrons. The van der Waals surface area contributed by atoms with Gasteiger partial charge in [-0.3, -0.25) is 0 Å². The molecule has 0 N–H and O–H groups in total. The molecule has 1 saturated carbocycles. The molecule has 0 atom stereocenters.